The van der Waals surface area contributed by atoms with Crippen LogP contribution in [-0.2, 0) is 12.8 Å². The van der Waals surface area contributed by atoms with Gasteiger partial charge in [-0.25, -0.2) is 4.98 Å². The van der Waals surface area contributed by atoms with E-state index in [1.54, 1.807) is 11.5 Å². The van der Waals surface area contributed by atoms with E-state index in [0.29, 0.717) is 6.04 Å². The summed E-state index contributed by atoms with van der Waals surface area (Å²) in [6.45, 7) is 3.23. The molecule has 1 aromatic heterocycles. The molecule has 0 aliphatic carbocycles. The molecule has 1 aromatic carbocycles. The Morgan fingerprint density at radius 2 is 2.16 bits per heavy atom. The molecule has 1 saturated heterocycles. The molecule has 3 nitrogen and oxygen atoms in total. The van der Waals surface area contributed by atoms with Crippen molar-refractivity contribution in [2.24, 2.45) is 0 Å². The van der Waals surface area contributed by atoms with Crippen LogP contribution in [0.4, 0.5) is 5.13 Å². The summed E-state index contributed by atoms with van der Waals surface area (Å²) in [4.78, 5) is 7.08. The molecule has 0 amide bonds. The summed E-state index contributed by atoms with van der Waals surface area (Å²) in [5, 5.41) is 1.11. The number of benzene rings is 1. The molecule has 4 heteroatoms. The van der Waals surface area contributed by atoms with Gasteiger partial charge in [0.05, 0.1) is 0 Å². The van der Waals surface area contributed by atoms with Crippen LogP contribution >= 0.6 is 11.5 Å². The van der Waals surface area contributed by atoms with Crippen LogP contribution in [0.25, 0.3) is 0 Å². The van der Waals surface area contributed by atoms with Crippen molar-refractivity contribution < 1.29 is 0 Å². The fourth-order valence-corrected chi connectivity index (χ4v) is 3.54. The minimum atomic E-state index is 0.583. The van der Waals surface area contributed by atoms with E-state index in [2.05, 4.69) is 51.5 Å². The van der Waals surface area contributed by atoms with Crippen molar-refractivity contribution >= 4 is 16.7 Å². The second-order valence-electron chi connectivity index (χ2n) is 5.03. The lowest BCUT2D eigenvalue weighted by Crippen LogP contribution is -2.30. The monoisotopic (exact) mass is 273 g/mol. The Morgan fingerprint density at radius 3 is 2.89 bits per heavy atom. The first-order chi connectivity index (χ1) is 9.36. The molecule has 0 radical (unpaired) electrons. The van der Waals surface area contributed by atoms with Crippen molar-refractivity contribution in [2.45, 2.75) is 38.6 Å². The highest BCUT2D eigenvalue weighted by atomic mass is 32.1. The molecule has 0 bridgehead atoms. The van der Waals surface area contributed by atoms with Gasteiger partial charge in [-0.05, 0) is 24.8 Å². The zero-order chi connectivity index (χ0) is 13.1. The summed E-state index contributed by atoms with van der Waals surface area (Å²) < 4.78 is 4.41. The first-order valence-corrected chi connectivity index (χ1v) is 7.77. The lowest BCUT2D eigenvalue weighted by atomic mass is 10.0. The molecule has 0 saturated carbocycles. The molecule has 2 aromatic rings. The number of aryl methyl sites for hydroxylation is 1. The van der Waals surface area contributed by atoms with E-state index in [9.17, 15) is 0 Å². The maximum Gasteiger partial charge on any atom is 0.205 e. The van der Waals surface area contributed by atoms with Crippen LogP contribution in [0, 0.1) is 0 Å². The van der Waals surface area contributed by atoms with Crippen molar-refractivity contribution in [1.29, 1.82) is 0 Å². The van der Waals surface area contributed by atoms with E-state index in [-0.39, 0.29) is 0 Å². The van der Waals surface area contributed by atoms with Gasteiger partial charge in [-0.1, -0.05) is 37.3 Å². The highest BCUT2D eigenvalue weighted by Gasteiger charge is 2.27. The van der Waals surface area contributed by atoms with Gasteiger partial charge in [-0.2, -0.15) is 4.37 Å². The maximum absolute atomic E-state index is 4.64. The molecule has 1 aliphatic rings. The van der Waals surface area contributed by atoms with Crippen LogP contribution in [0.15, 0.2) is 30.3 Å². The number of nitrogens with zero attached hydrogens (tertiary/aromatic N) is 3. The van der Waals surface area contributed by atoms with E-state index in [0.717, 1.165) is 30.3 Å². The Bertz CT molecular complexity index is 523. The Hall–Kier alpha value is -1.42. The molecule has 2 heterocycles. The molecule has 1 unspecified atom stereocenters. The molecule has 1 aliphatic heterocycles. The Morgan fingerprint density at radius 1 is 1.32 bits per heavy atom. The van der Waals surface area contributed by atoms with Gasteiger partial charge in [0.25, 0.3) is 0 Å². The third kappa shape index (κ3) is 2.78. The molecule has 0 N–H and O–H groups in total. The Labute approximate surface area is 118 Å². The van der Waals surface area contributed by atoms with E-state index < -0.39 is 0 Å². The summed E-state index contributed by atoms with van der Waals surface area (Å²) in [6, 6.07) is 11.3. The summed E-state index contributed by atoms with van der Waals surface area (Å²) in [7, 11) is 0. The lowest BCUT2D eigenvalue weighted by Gasteiger charge is -2.23. The van der Waals surface area contributed by atoms with E-state index in [4.69, 9.17) is 0 Å². The molecule has 100 valence electrons. The molecular weight excluding hydrogens is 254 g/mol. The normalized spacial score (nSPS) is 19.0. The summed E-state index contributed by atoms with van der Waals surface area (Å²) >= 11 is 1.55. The zero-order valence-corrected chi connectivity index (χ0v) is 12.1. The second kappa shape index (κ2) is 5.70. The molecule has 0 spiro atoms. The van der Waals surface area contributed by atoms with Crippen molar-refractivity contribution in [3.8, 4) is 0 Å². The highest BCUT2D eigenvalue weighted by Crippen LogP contribution is 2.29. The number of aromatic nitrogens is 2. The third-order valence-electron chi connectivity index (χ3n) is 3.71. The molecule has 1 atom stereocenters. The first-order valence-electron chi connectivity index (χ1n) is 7.00. The average molecular weight is 273 g/mol. The average Bonchev–Trinajstić information content (AvgIpc) is 3.08. The number of rotatable bonds is 4. The van der Waals surface area contributed by atoms with Crippen molar-refractivity contribution in [2.75, 3.05) is 11.4 Å². The minimum absolute atomic E-state index is 0.583. The van der Waals surface area contributed by atoms with E-state index >= 15 is 0 Å². The van der Waals surface area contributed by atoms with Gasteiger partial charge >= 0.3 is 0 Å². The predicted molar refractivity (Wildman–Crippen MR) is 79.8 cm³/mol. The summed E-state index contributed by atoms with van der Waals surface area (Å²) in [5.74, 6) is 0.977. The minimum Gasteiger partial charge on any atom is -0.344 e. The zero-order valence-electron chi connectivity index (χ0n) is 11.2. The number of anilines is 1. The first kappa shape index (κ1) is 12.6. The second-order valence-corrected chi connectivity index (χ2v) is 5.76. The third-order valence-corrected chi connectivity index (χ3v) is 4.50. The maximum atomic E-state index is 4.64. The fourth-order valence-electron chi connectivity index (χ4n) is 2.69. The van der Waals surface area contributed by atoms with Crippen molar-refractivity contribution in [3.63, 3.8) is 0 Å². The summed E-state index contributed by atoms with van der Waals surface area (Å²) in [5.41, 5.74) is 1.42. The van der Waals surface area contributed by atoms with Crippen LogP contribution in [0.5, 0.6) is 0 Å². The van der Waals surface area contributed by atoms with Gasteiger partial charge in [-0.15, -0.1) is 0 Å². The Kier molecular flexibility index (Phi) is 3.78. The van der Waals surface area contributed by atoms with E-state index in [1.165, 1.54) is 18.4 Å². The van der Waals surface area contributed by atoms with Crippen LogP contribution in [0.2, 0.25) is 0 Å². The van der Waals surface area contributed by atoms with Crippen molar-refractivity contribution in [1.82, 2.24) is 9.36 Å². The summed E-state index contributed by atoms with van der Waals surface area (Å²) in [6.07, 6.45) is 4.56. The largest absolute Gasteiger partial charge is 0.344 e. The van der Waals surface area contributed by atoms with Crippen molar-refractivity contribution in [3.05, 3.63) is 41.7 Å². The Balaban J connectivity index is 1.74. The molecule has 1 fully saturated rings. The fraction of sp³-hybridized carbons (Fsp3) is 0.467. The standard InChI is InChI=1S/C15H19N3S/c1-2-14-16-15(19-17-14)18-10-6-9-13(18)11-12-7-4-3-5-8-12/h3-5,7-8,13H,2,6,9-11H2,1H3. The number of hydrogen-bond donors (Lipinski definition) is 0. The van der Waals surface area contributed by atoms with Crippen LogP contribution in [-0.4, -0.2) is 21.9 Å². The molecule has 3 rings (SSSR count). The van der Waals surface area contributed by atoms with Crippen LogP contribution in [0.1, 0.15) is 31.2 Å². The van der Waals surface area contributed by atoms with E-state index in [1.807, 2.05) is 0 Å². The topological polar surface area (TPSA) is 29.0 Å². The van der Waals surface area contributed by atoms with Crippen LogP contribution in [0.3, 0.4) is 0 Å². The quantitative estimate of drug-likeness (QED) is 0.855. The van der Waals surface area contributed by atoms with Gasteiger partial charge in [0.15, 0.2) is 0 Å². The van der Waals surface area contributed by atoms with Gasteiger partial charge in [0, 0.05) is 30.5 Å². The molecular formula is C15H19N3S. The number of hydrogen-bond acceptors (Lipinski definition) is 4. The highest BCUT2D eigenvalue weighted by molar-refractivity contribution is 7.09. The smallest absolute Gasteiger partial charge is 0.205 e. The van der Waals surface area contributed by atoms with Crippen LogP contribution < -0.4 is 4.90 Å². The van der Waals surface area contributed by atoms with Gasteiger partial charge in [-0.3, -0.25) is 0 Å². The lowest BCUT2D eigenvalue weighted by molar-refractivity contribution is 0.661. The molecule has 19 heavy (non-hydrogen) atoms. The van der Waals surface area contributed by atoms with Gasteiger partial charge in [0.1, 0.15) is 5.82 Å². The predicted octanol–water partition coefficient (Wildman–Crippen LogP) is 3.31. The van der Waals surface area contributed by atoms with Gasteiger partial charge < -0.3 is 4.90 Å². The van der Waals surface area contributed by atoms with Gasteiger partial charge in [0.2, 0.25) is 5.13 Å². The SMILES string of the molecule is CCc1nsc(N2CCCC2Cc2ccccc2)n1.